The minimum absolute atomic E-state index is 0. The van der Waals surface area contributed by atoms with Gasteiger partial charge in [-0.2, -0.15) is 0 Å². The van der Waals surface area contributed by atoms with Crippen molar-refractivity contribution in [3.05, 3.63) is 0 Å². The minimum atomic E-state index is -0.784. The van der Waals surface area contributed by atoms with Gasteiger partial charge >= 0.3 is 115 Å². The number of hydrogen-bond donors (Lipinski definition) is 2. The van der Waals surface area contributed by atoms with Crippen LogP contribution in [0.2, 0.25) is 0 Å². The summed E-state index contributed by atoms with van der Waals surface area (Å²) < 4.78 is 0. The van der Waals surface area contributed by atoms with E-state index in [1.54, 1.807) is 0 Å². The molecule has 0 saturated carbocycles. The third kappa shape index (κ3) is 19.7. The van der Waals surface area contributed by atoms with Crippen LogP contribution >= 0.6 is 0 Å². The van der Waals surface area contributed by atoms with E-state index in [-0.39, 0.29) is 118 Å². The molecule has 0 fully saturated rings. The minimum Gasteiger partial charge on any atom is -1.00 e. The molecular weight excluding hydrogens is 238 g/mol. The standard InChI is InChI=1S/C8H14O4.2K.2H/c9-7(10)5-3-1-2-4-6-8(11)12;;;;/h1-6H2,(H,9,10)(H,11,12);;;;/q;2*+1;2*-1. The monoisotopic (exact) mass is 254 g/mol. The fourth-order valence-corrected chi connectivity index (χ4v) is 0.906. The second kappa shape index (κ2) is 15.2. The number of carboxylic acid groups (broad SMARTS) is 2. The zero-order valence-corrected chi connectivity index (χ0v) is 15.2. The second-order valence-corrected chi connectivity index (χ2v) is 2.70. The Morgan fingerprint density at radius 1 is 0.786 bits per heavy atom. The van der Waals surface area contributed by atoms with Crippen LogP contribution in [0.5, 0.6) is 0 Å². The molecule has 0 aliphatic heterocycles. The smallest absolute Gasteiger partial charge is 1.00 e. The van der Waals surface area contributed by atoms with Crippen molar-refractivity contribution < 1.29 is 125 Å². The molecule has 0 amide bonds. The van der Waals surface area contributed by atoms with Gasteiger partial charge in [0, 0.05) is 12.8 Å². The van der Waals surface area contributed by atoms with Gasteiger partial charge in [-0.05, 0) is 12.8 Å². The molecule has 6 heteroatoms. The average Bonchev–Trinajstić information content (AvgIpc) is 1.95. The first-order valence-corrected chi connectivity index (χ1v) is 4.06. The molecule has 0 unspecified atom stereocenters. The molecule has 0 radical (unpaired) electrons. The maximum Gasteiger partial charge on any atom is 1.00 e. The van der Waals surface area contributed by atoms with Crippen molar-refractivity contribution in [2.45, 2.75) is 38.5 Å². The molecule has 0 saturated heterocycles. The molecular formula is C8H16K2O4. The van der Waals surface area contributed by atoms with E-state index in [4.69, 9.17) is 10.2 Å². The Bertz CT molecular complexity index is 152. The molecule has 0 aromatic rings. The number of carbonyl (C=O) groups is 2. The van der Waals surface area contributed by atoms with E-state index in [1.807, 2.05) is 0 Å². The molecule has 0 rings (SSSR count). The summed E-state index contributed by atoms with van der Waals surface area (Å²) >= 11 is 0. The normalized spacial score (nSPS) is 8.29. The fraction of sp³-hybridized carbons (Fsp3) is 0.750. The molecule has 14 heavy (non-hydrogen) atoms. The van der Waals surface area contributed by atoms with Gasteiger partial charge < -0.3 is 13.1 Å². The van der Waals surface area contributed by atoms with E-state index in [2.05, 4.69) is 0 Å². The topological polar surface area (TPSA) is 74.6 Å². The Labute approximate surface area is 172 Å². The van der Waals surface area contributed by atoms with E-state index >= 15 is 0 Å². The molecule has 0 heterocycles. The summed E-state index contributed by atoms with van der Waals surface area (Å²) in [6, 6.07) is 0. The van der Waals surface area contributed by atoms with Crippen molar-refractivity contribution in [1.29, 1.82) is 0 Å². The second-order valence-electron chi connectivity index (χ2n) is 2.70. The van der Waals surface area contributed by atoms with E-state index in [0.29, 0.717) is 12.8 Å². The van der Waals surface area contributed by atoms with Crippen LogP contribution in [-0.4, -0.2) is 22.2 Å². The summed E-state index contributed by atoms with van der Waals surface area (Å²) in [5, 5.41) is 16.5. The van der Waals surface area contributed by atoms with Crippen molar-refractivity contribution in [3.63, 3.8) is 0 Å². The number of carboxylic acids is 2. The van der Waals surface area contributed by atoms with E-state index in [9.17, 15) is 9.59 Å². The maximum absolute atomic E-state index is 10.0. The molecule has 0 aromatic carbocycles. The van der Waals surface area contributed by atoms with Gasteiger partial charge in [-0.1, -0.05) is 12.8 Å². The molecule has 0 aliphatic rings. The molecule has 0 bridgehead atoms. The molecule has 0 aliphatic carbocycles. The number of hydrogen-bond acceptors (Lipinski definition) is 2. The first-order chi connectivity index (χ1) is 5.63. The Balaban J connectivity index is -0.000000101. The Morgan fingerprint density at radius 2 is 1.07 bits per heavy atom. The Morgan fingerprint density at radius 3 is 1.29 bits per heavy atom. The maximum atomic E-state index is 10.0. The molecule has 0 spiro atoms. The van der Waals surface area contributed by atoms with Gasteiger partial charge in [-0.25, -0.2) is 0 Å². The average molecular weight is 254 g/mol. The van der Waals surface area contributed by atoms with Crippen LogP contribution < -0.4 is 103 Å². The van der Waals surface area contributed by atoms with Gasteiger partial charge in [0.2, 0.25) is 0 Å². The van der Waals surface area contributed by atoms with Crippen molar-refractivity contribution in [1.82, 2.24) is 0 Å². The quantitative estimate of drug-likeness (QED) is 0.356. The SMILES string of the molecule is O=C(O)CCCCCCC(=O)O.[H-].[H-].[K+].[K+]. The van der Waals surface area contributed by atoms with Crippen molar-refractivity contribution in [3.8, 4) is 0 Å². The van der Waals surface area contributed by atoms with Gasteiger partial charge in [-0.15, -0.1) is 0 Å². The van der Waals surface area contributed by atoms with E-state index < -0.39 is 11.9 Å². The summed E-state index contributed by atoms with van der Waals surface area (Å²) in [5.74, 6) is -1.57. The van der Waals surface area contributed by atoms with E-state index in [0.717, 1.165) is 12.8 Å². The number of rotatable bonds is 7. The fourth-order valence-electron chi connectivity index (χ4n) is 0.906. The van der Waals surface area contributed by atoms with Crippen LogP contribution in [0.15, 0.2) is 0 Å². The molecule has 74 valence electrons. The summed E-state index contributed by atoms with van der Waals surface area (Å²) in [7, 11) is 0. The third-order valence-corrected chi connectivity index (χ3v) is 1.53. The number of unbranched alkanes of at least 4 members (excludes halogenated alkanes) is 3. The van der Waals surface area contributed by atoms with Crippen molar-refractivity contribution in [2.24, 2.45) is 0 Å². The summed E-state index contributed by atoms with van der Waals surface area (Å²) in [5.41, 5.74) is 0. The Hall–Kier alpha value is 2.21. The molecule has 0 aromatic heterocycles. The Kier molecular flexibility index (Phi) is 23.4. The first kappa shape index (κ1) is 21.5. The summed E-state index contributed by atoms with van der Waals surface area (Å²) in [6.07, 6.45) is 3.28. The largest absolute Gasteiger partial charge is 1.00 e. The van der Waals surface area contributed by atoms with Crippen LogP contribution in [0.25, 0.3) is 0 Å². The van der Waals surface area contributed by atoms with Gasteiger partial charge in [0.05, 0.1) is 0 Å². The molecule has 0 atom stereocenters. The predicted molar refractivity (Wildman–Crippen MR) is 45.2 cm³/mol. The van der Waals surface area contributed by atoms with Crippen LogP contribution in [-0.2, 0) is 9.59 Å². The summed E-state index contributed by atoms with van der Waals surface area (Å²) in [6.45, 7) is 0. The number of aliphatic carboxylic acids is 2. The van der Waals surface area contributed by atoms with Crippen LogP contribution in [0, 0.1) is 0 Å². The zero-order valence-electron chi connectivity index (χ0n) is 11.0. The zero-order chi connectivity index (χ0) is 9.40. The molecule has 2 N–H and O–H groups in total. The van der Waals surface area contributed by atoms with E-state index in [1.165, 1.54) is 0 Å². The first-order valence-electron chi connectivity index (χ1n) is 4.06. The third-order valence-electron chi connectivity index (χ3n) is 1.53. The van der Waals surface area contributed by atoms with Gasteiger partial charge in [-0.3, -0.25) is 9.59 Å². The van der Waals surface area contributed by atoms with Gasteiger partial charge in [0.1, 0.15) is 0 Å². The van der Waals surface area contributed by atoms with Crippen molar-refractivity contribution >= 4 is 11.9 Å². The van der Waals surface area contributed by atoms with Crippen LogP contribution in [0.4, 0.5) is 0 Å². The van der Waals surface area contributed by atoms with Crippen LogP contribution in [0.3, 0.4) is 0 Å². The molecule has 4 nitrogen and oxygen atoms in total. The van der Waals surface area contributed by atoms with Crippen LogP contribution in [0.1, 0.15) is 41.4 Å². The van der Waals surface area contributed by atoms with Gasteiger partial charge in [0.25, 0.3) is 0 Å². The van der Waals surface area contributed by atoms with Gasteiger partial charge in [0.15, 0.2) is 0 Å². The predicted octanol–water partition coefficient (Wildman–Crippen LogP) is -4.27. The van der Waals surface area contributed by atoms with Crippen molar-refractivity contribution in [2.75, 3.05) is 0 Å². The summed E-state index contributed by atoms with van der Waals surface area (Å²) in [4.78, 5) is 20.1.